The van der Waals surface area contributed by atoms with Crippen molar-refractivity contribution < 1.29 is 0 Å². The SMILES string of the molecule is Clc1ccccc1N1CCN(CCNCC2CC2)CC1. The van der Waals surface area contributed by atoms with Crippen LogP contribution in [0.1, 0.15) is 12.8 Å². The van der Waals surface area contributed by atoms with Gasteiger partial charge < -0.3 is 10.2 Å². The number of benzene rings is 1. The molecule has 0 bridgehead atoms. The highest BCUT2D eigenvalue weighted by molar-refractivity contribution is 6.33. The molecule has 1 N–H and O–H groups in total. The molecule has 3 nitrogen and oxygen atoms in total. The molecule has 0 spiro atoms. The van der Waals surface area contributed by atoms with E-state index < -0.39 is 0 Å². The quantitative estimate of drug-likeness (QED) is 0.813. The van der Waals surface area contributed by atoms with Crippen LogP contribution in [0.4, 0.5) is 5.69 Å². The highest BCUT2D eigenvalue weighted by Gasteiger charge is 2.21. The summed E-state index contributed by atoms with van der Waals surface area (Å²) < 4.78 is 0. The number of nitrogens with one attached hydrogen (secondary N) is 1. The summed E-state index contributed by atoms with van der Waals surface area (Å²) in [5.41, 5.74) is 1.18. The molecule has 4 heteroatoms. The van der Waals surface area contributed by atoms with Crippen molar-refractivity contribution in [3.8, 4) is 0 Å². The zero-order valence-corrected chi connectivity index (χ0v) is 12.8. The molecule has 1 aliphatic heterocycles. The molecule has 1 aromatic carbocycles. The van der Waals surface area contributed by atoms with Crippen LogP contribution in [-0.4, -0.2) is 50.7 Å². The lowest BCUT2D eigenvalue weighted by Crippen LogP contribution is -2.48. The van der Waals surface area contributed by atoms with Crippen molar-refractivity contribution in [2.45, 2.75) is 12.8 Å². The molecule has 2 aliphatic rings. The number of anilines is 1. The van der Waals surface area contributed by atoms with Crippen molar-refractivity contribution in [1.82, 2.24) is 10.2 Å². The first kappa shape index (κ1) is 14.2. The van der Waals surface area contributed by atoms with Crippen LogP contribution in [0.5, 0.6) is 0 Å². The summed E-state index contributed by atoms with van der Waals surface area (Å²) >= 11 is 6.27. The first-order chi connectivity index (χ1) is 9.83. The topological polar surface area (TPSA) is 18.5 Å². The minimum atomic E-state index is 0.868. The van der Waals surface area contributed by atoms with Gasteiger partial charge in [-0.3, -0.25) is 4.90 Å². The Kier molecular flexibility index (Phi) is 4.81. The van der Waals surface area contributed by atoms with Crippen LogP contribution in [0, 0.1) is 5.92 Å². The Morgan fingerprint density at radius 1 is 1.10 bits per heavy atom. The molecule has 0 atom stereocenters. The Hall–Kier alpha value is -0.770. The minimum Gasteiger partial charge on any atom is -0.368 e. The predicted molar refractivity (Wildman–Crippen MR) is 85.7 cm³/mol. The van der Waals surface area contributed by atoms with E-state index in [4.69, 9.17) is 11.6 Å². The van der Waals surface area contributed by atoms with Gasteiger partial charge in [-0.1, -0.05) is 23.7 Å². The van der Waals surface area contributed by atoms with E-state index in [1.807, 2.05) is 12.1 Å². The molecule has 2 fully saturated rings. The maximum absolute atomic E-state index is 6.27. The van der Waals surface area contributed by atoms with Crippen LogP contribution in [0.3, 0.4) is 0 Å². The van der Waals surface area contributed by atoms with Gasteiger partial charge in [-0.15, -0.1) is 0 Å². The summed E-state index contributed by atoms with van der Waals surface area (Å²) in [6.45, 7) is 7.94. The number of nitrogens with zero attached hydrogens (tertiary/aromatic N) is 2. The number of hydrogen-bond acceptors (Lipinski definition) is 3. The fourth-order valence-corrected chi connectivity index (χ4v) is 3.04. The lowest BCUT2D eigenvalue weighted by atomic mass is 10.2. The van der Waals surface area contributed by atoms with Gasteiger partial charge in [0.15, 0.2) is 0 Å². The molecule has 1 heterocycles. The fraction of sp³-hybridized carbons (Fsp3) is 0.625. The molecule has 1 saturated carbocycles. The van der Waals surface area contributed by atoms with Crippen molar-refractivity contribution in [3.05, 3.63) is 29.3 Å². The van der Waals surface area contributed by atoms with Gasteiger partial charge in [-0.2, -0.15) is 0 Å². The van der Waals surface area contributed by atoms with Crippen molar-refractivity contribution in [3.63, 3.8) is 0 Å². The van der Waals surface area contributed by atoms with Crippen LogP contribution in [0.2, 0.25) is 5.02 Å². The van der Waals surface area contributed by atoms with Crippen molar-refractivity contribution in [2.24, 2.45) is 5.92 Å². The summed E-state index contributed by atoms with van der Waals surface area (Å²) in [6, 6.07) is 8.16. The average Bonchev–Trinajstić information content (AvgIpc) is 3.29. The van der Waals surface area contributed by atoms with Crippen molar-refractivity contribution in [1.29, 1.82) is 0 Å². The highest BCUT2D eigenvalue weighted by atomic mass is 35.5. The van der Waals surface area contributed by atoms with Gasteiger partial charge >= 0.3 is 0 Å². The lowest BCUT2D eigenvalue weighted by Gasteiger charge is -2.36. The van der Waals surface area contributed by atoms with Crippen LogP contribution < -0.4 is 10.2 Å². The molecular weight excluding hydrogens is 270 g/mol. The molecule has 110 valence electrons. The number of halogens is 1. The molecule has 0 amide bonds. The van der Waals surface area contributed by atoms with Crippen molar-refractivity contribution >= 4 is 17.3 Å². The third-order valence-corrected chi connectivity index (χ3v) is 4.62. The molecule has 1 saturated heterocycles. The molecule has 0 unspecified atom stereocenters. The Bertz CT molecular complexity index is 425. The third kappa shape index (κ3) is 3.87. The fourth-order valence-electron chi connectivity index (χ4n) is 2.79. The molecule has 1 aliphatic carbocycles. The Labute approximate surface area is 126 Å². The normalized spacial score (nSPS) is 20.4. The van der Waals surface area contributed by atoms with Gasteiger partial charge in [-0.05, 0) is 37.4 Å². The first-order valence-corrected chi connectivity index (χ1v) is 8.13. The first-order valence-electron chi connectivity index (χ1n) is 7.75. The zero-order chi connectivity index (χ0) is 13.8. The van der Waals surface area contributed by atoms with E-state index in [9.17, 15) is 0 Å². The lowest BCUT2D eigenvalue weighted by molar-refractivity contribution is 0.257. The minimum absolute atomic E-state index is 0.868. The van der Waals surface area contributed by atoms with Gasteiger partial charge in [0.1, 0.15) is 0 Å². The van der Waals surface area contributed by atoms with E-state index in [0.29, 0.717) is 0 Å². The second kappa shape index (κ2) is 6.79. The van der Waals surface area contributed by atoms with Gasteiger partial charge in [0.2, 0.25) is 0 Å². The largest absolute Gasteiger partial charge is 0.368 e. The number of hydrogen-bond donors (Lipinski definition) is 1. The zero-order valence-electron chi connectivity index (χ0n) is 12.0. The maximum Gasteiger partial charge on any atom is 0.0639 e. The molecule has 0 radical (unpaired) electrons. The third-order valence-electron chi connectivity index (χ3n) is 4.30. The summed E-state index contributed by atoms with van der Waals surface area (Å²) in [5, 5.41) is 4.44. The van der Waals surface area contributed by atoms with E-state index in [2.05, 4.69) is 27.2 Å². The molecule has 1 aromatic rings. The Morgan fingerprint density at radius 3 is 2.55 bits per heavy atom. The molecule has 3 rings (SSSR count). The smallest absolute Gasteiger partial charge is 0.0639 e. The monoisotopic (exact) mass is 293 g/mol. The van der Waals surface area contributed by atoms with E-state index in [0.717, 1.165) is 43.7 Å². The average molecular weight is 294 g/mol. The number of para-hydroxylation sites is 1. The van der Waals surface area contributed by atoms with Gasteiger partial charge in [0.05, 0.1) is 10.7 Å². The second-order valence-electron chi connectivity index (χ2n) is 5.93. The predicted octanol–water partition coefficient (Wildman–Crippen LogP) is 2.46. The van der Waals surface area contributed by atoms with E-state index in [1.54, 1.807) is 0 Å². The van der Waals surface area contributed by atoms with Gasteiger partial charge in [-0.25, -0.2) is 0 Å². The van der Waals surface area contributed by atoms with Crippen LogP contribution in [0.25, 0.3) is 0 Å². The molecular formula is C16H24ClN3. The number of rotatable bonds is 6. The maximum atomic E-state index is 6.27. The van der Waals surface area contributed by atoms with Gasteiger partial charge in [0.25, 0.3) is 0 Å². The Balaban J connectivity index is 1.39. The summed E-state index contributed by atoms with van der Waals surface area (Å²) in [7, 11) is 0. The highest BCUT2D eigenvalue weighted by Crippen LogP contribution is 2.27. The summed E-state index contributed by atoms with van der Waals surface area (Å²) in [5.74, 6) is 0.979. The standard InChI is InChI=1S/C16H24ClN3/c17-15-3-1-2-4-16(15)20-11-9-19(10-12-20)8-7-18-13-14-5-6-14/h1-4,14,18H,5-13H2. The van der Waals surface area contributed by atoms with Crippen LogP contribution in [-0.2, 0) is 0 Å². The van der Waals surface area contributed by atoms with Crippen LogP contribution >= 0.6 is 11.6 Å². The van der Waals surface area contributed by atoms with E-state index >= 15 is 0 Å². The summed E-state index contributed by atoms with van der Waals surface area (Å²) in [6.07, 6.45) is 2.87. The molecule has 20 heavy (non-hydrogen) atoms. The summed E-state index contributed by atoms with van der Waals surface area (Å²) in [4.78, 5) is 4.95. The van der Waals surface area contributed by atoms with Crippen LogP contribution in [0.15, 0.2) is 24.3 Å². The van der Waals surface area contributed by atoms with Gasteiger partial charge in [0, 0.05) is 39.3 Å². The van der Waals surface area contributed by atoms with Crippen molar-refractivity contribution in [2.75, 3.05) is 50.7 Å². The Morgan fingerprint density at radius 2 is 1.85 bits per heavy atom. The second-order valence-corrected chi connectivity index (χ2v) is 6.33. The number of piperazine rings is 1. The van der Waals surface area contributed by atoms with E-state index in [-0.39, 0.29) is 0 Å². The molecule has 0 aromatic heterocycles. The van der Waals surface area contributed by atoms with E-state index in [1.165, 1.54) is 31.6 Å².